The molecule has 1 aromatic carbocycles. The van der Waals surface area contributed by atoms with E-state index in [0.29, 0.717) is 18.5 Å². The fourth-order valence-corrected chi connectivity index (χ4v) is 2.51. The number of hydrogen-bond donors (Lipinski definition) is 1. The summed E-state index contributed by atoms with van der Waals surface area (Å²) < 4.78 is 0. The lowest BCUT2D eigenvalue weighted by molar-refractivity contribution is -0.137. The Morgan fingerprint density at radius 1 is 1.32 bits per heavy atom. The maximum atomic E-state index is 12.6. The first-order valence-corrected chi connectivity index (χ1v) is 7.31. The molecule has 1 aliphatic rings. The van der Waals surface area contributed by atoms with E-state index in [2.05, 4.69) is 13.8 Å². The first-order valence-electron chi connectivity index (χ1n) is 7.31. The highest BCUT2D eigenvalue weighted by molar-refractivity contribution is 5.79. The van der Waals surface area contributed by atoms with Crippen LogP contribution in [0.3, 0.4) is 0 Å². The molecule has 1 fully saturated rings. The summed E-state index contributed by atoms with van der Waals surface area (Å²) in [7, 11) is 0. The van der Waals surface area contributed by atoms with E-state index in [0.717, 1.165) is 36.9 Å². The number of para-hydroxylation sites is 1. The molecule has 19 heavy (non-hydrogen) atoms. The van der Waals surface area contributed by atoms with Crippen molar-refractivity contribution in [3.63, 3.8) is 0 Å². The molecule has 3 heteroatoms. The van der Waals surface area contributed by atoms with Gasteiger partial charge in [0.1, 0.15) is 0 Å². The zero-order valence-electron chi connectivity index (χ0n) is 11.9. The number of nitrogens with zero attached hydrogens (tertiary/aromatic N) is 1. The van der Waals surface area contributed by atoms with Gasteiger partial charge in [0.25, 0.3) is 0 Å². The summed E-state index contributed by atoms with van der Waals surface area (Å²) in [5.41, 5.74) is 7.84. The van der Waals surface area contributed by atoms with Gasteiger partial charge in [0.05, 0.1) is 0 Å². The van der Waals surface area contributed by atoms with Gasteiger partial charge in [0.15, 0.2) is 0 Å². The zero-order valence-corrected chi connectivity index (χ0v) is 11.9. The van der Waals surface area contributed by atoms with Gasteiger partial charge in [-0.1, -0.05) is 32.0 Å². The predicted molar refractivity (Wildman–Crippen MR) is 78.5 cm³/mol. The van der Waals surface area contributed by atoms with Crippen LogP contribution in [0.4, 0.5) is 5.69 Å². The lowest BCUT2D eigenvalue weighted by Gasteiger charge is -2.27. The number of anilines is 1. The fourth-order valence-electron chi connectivity index (χ4n) is 2.51. The number of nitrogen functional groups attached to an aromatic ring is 1. The van der Waals surface area contributed by atoms with Crippen LogP contribution in [0.2, 0.25) is 0 Å². The monoisotopic (exact) mass is 260 g/mol. The Morgan fingerprint density at radius 2 is 1.95 bits per heavy atom. The molecule has 0 radical (unpaired) electrons. The van der Waals surface area contributed by atoms with E-state index in [4.69, 9.17) is 5.73 Å². The molecule has 1 amide bonds. The SMILES string of the molecule is CCC(CC)C(=O)N(Cc1ccccc1N)C1CC1. The molecule has 1 aliphatic carbocycles. The second kappa shape index (κ2) is 6.09. The third kappa shape index (κ3) is 3.28. The fraction of sp³-hybridized carbons (Fsp3) is 0.562. The highest BCUT2D eigenvalue weighted by atomic mass is 16.2. The largest absolute Gasteiger partial charge is 0.398 e. The van der Waals surface area contributed by atoms with Gasteiger partial charge in [-0.15, -0.1) is 0 Å². The minimum Gasteiger partial charge on any atom is -0.398 e. The van der Waals surface area contributed by atoms with Crippen molar-refractivity contribution in [3.8, 4) is 0 Å². The predicted octanol–water partition coefficient (Wildman–Crippen LogP) is 3.20. The van der Waals surface area contributed by atoms with Crippen LogP contribution in [0.1, 0.15) is 45.1 Å². The minimum absolute atomic E-state index is 0.158. The van der Waals surface area contributed by atoms with Crippen LogP contribution in [-0.2, 0) is 11.3 Å². The van der Waals surface area contributed by atoms with Crippen molar-refractivity contribution in [1.82, 2.24) is 4.90 Å². The molecule has 0 aliphatic heterocycles. The maximum Gasteiger partial charge on any atom is 0.226 e. The van der Waals surface area contributed by atoms with E-state index in [1.807, 2.05) is 29.2 Å². The Balaban J connectivity index is 2.13. The molecule has 104 valence electrons. The molecule has 1 saturated carbocycles. The van der Waals surface area contributed by atoms with Crippen LogP contribution in [0, 0.1) is 5.92 Å². The highest BCUT2D eigenvalue weighted by Crippen LogP contribution is 2.31. The van der Waals surface area contributed by atoms with Crippen LogP contribution < -0.4 is 5.73 Å². The standard InChI is InChI=1S/C16H24N2O/c1-3-12(4-2)16(19)18(14-9-10-14)11-13-7-5-6-8-15(13)17/h5-8,12,14H,3-4,9-11,17H2,1-2H3. The van der Waals surface area contributed by atoms with E-state index >= 15 is 0 Å². The van der Waals surface area contributed by atoms with Crippen LogP contribution in [0.5, 0.6) is 0 Å². The Labute approximate surface area is 115 Å². The Hall–Kier alpha value is -1.51. The molecule has 0 heterocycles. The lowest BCUT2D eigenvalue weighted by Crippen LogP contribution is -2.37. The van der Waals surface area contributed by atoms with Crippen LogP contribution in [-0.4, -0.2) is 16.8 Å². The Morgan fingerprint density at radius 3 is 2.47 bits per heavy atom. The minimum atomic E-state index is 0.158. The second-order valence-electron chi connectivity index (χ2n) is 5.41. The van der Waals surface area contributed by atoms with Crippen molar-refractivity contribution in [2.45, 2.75) is 52.1 Å². The number of carbonyl (C=O) groups excluding carboxylic acids is 1. The Kier molecular flexibility index (Phi) is 4.46. The van der Waals surface area contributed by atoms with Crippen molar-refractivity contribution in [1.29, 1.82) is 0 Å². The molecule has 0 spiro atoms. The van der Waals surface area contributed by atoms with Gasteiger partial charge in [-0.3, -0.25) is 4.79 Å². The molecular formula is C16H24N2O. The molecule has 0 unspecified atom stereocenters. The normalized spacial score (nSPS) is 14.7. The molecule has 2 rings (SSSR count). The van der Waals surface area contributed by atoms with Crippen LogP contribution in [0.25, 0.3) is 0 Å². The topological polar surface area (TPSA) is 46.3 Å². The Bertz CT molecular complexity index is 436. The molecular weight excluding hydrogens is 236 g/mol. The van der Waals surface area contributed by atoms with E-state index < -0.39 is 0 Å². The third-order valence-electron chi connectivity index (χ3n) is 4.00. The first kappa shape index (κ1) is 13.9. The van der Waals surface area contributed by atoms with Gasteiger partial charge < -0.3 is 10.6 Å². The summed E-state index contributed by atoms with van der Waals surface area (Å²) in [5.74, 6) is 0.460. The lowest BCUT2D eigenvalue weighted by atomic mass is 10.0. The molecule has 3 nitrogen and oxygen atoms in total. The molecule has 0 bridgehead atoms. The number of benzene rings is 1. The molecule has 0 atom stereocenters. The average molecular weight is 260 g/mol. The molecule has 0 saturated heterocycles. The summed E-state index contributed by atoms with van der Waals surface area (Å²) in [5, 5.41) is 0. The number of carbonyl (C=O) groups is 1. The summed E-state index contributed by atoms with van der Waals surface area (Å²) in [6.07, 6.45) is 4.11. The van der Waals surface area contributed by atoms with Crippen molar-refractivity contribution in [3.05, 3.63) is 29.8 Å². The highest BCUT2D eigenvalue weighted by Gasteiger charge is 2.34. The molecule has 2 N–H and O–H groups in total. The number of amides is 1. The average Bonchev–Trinajstić information content (AvgIpc) is 3.23. The molecule has 1 aromatic rings. The van der Waals surface area contributed by atoms with Gasteiger partial charge in [0.2, 0.25) is 5.91 Å². The van der Waals surface area contributed by atoms with Gasteiger partial charge >= 0.3 is 0 Å². The van der Waals surface area contributed by atoms with E-state index in [-0.39, 0.29) is 5.92 Å². The number of hydrogen-bond acceptors (Lipinski definition) is 2. The van der Waals surface area contributed by atoms with E-state index in [9.17, 15) is 4.79 Å². The smallest absolute Gasteiger partial charge is 0.226 e. The van der Waals surface area contributed by atoms with E-state index in [1.165, 1.54) is 0 Å². The van der Waals surface area contributed by atoms with Crippen molar-refractivity contribution in [2.24, 2.45) is 5.92 Å². The van der Waals surface area contributed by atoms with Crippen LogP contribution >= 0.6 is 0 Å². The van der Waals surface area contributed by atoms with Crippen molar-refractivity contribution >= 4 is 11.6 Å². The summed E-state index contributed by atoms with van der Waals surface area (Å²) >= 11 is 0. The van der Waals surface area contributed by atoms with E-state index in [1.54, 1.807) is 0 Å². The first-order chi connectivity index (χ1) is 9.17. The van der Waals surface area contributed by atoms with Crippen molar-refractivity contribution in [2.75, 3.05) is 5.73 Å². The van der Waals surface area contributed by atoms with Gasteiger partial charge in [-0.05, 0) is 37.3 Å². The number of rotatable bonds is 6. The summed E-state index contributed by atoms with van der Waals surface area (Å²) in [6.45, 7) is 4.84. The van der Waals surface area contributed by atoms with Gasteiger partial charge in [-0.25, -0.2) is 0 Å². The number of nitrogens with two attached hydrogens (primary N) is 1. The zero-order chi connectivity index (χ0) is 13.8. The molecule has 0 aromatic heterocycles. The second-order valence-corrected chi connectivity index (χ2v) is 5.41. The summed E-state index contributed by atoms with van der Waals surface area (Å²) in [4.78, 5) is 14.6. The quantitative estimate of drug-likeness (QED) is 0.798. The van der Waals surface area contributed by atoms with Gasteiger partial charge in [0, 0.05) is 24.2 Å². The maximum absolute atomic E-state index is 12.6. The van der Waals surface area contributed by atoms with Gasteiger partial charge in [-0.2, -0.15) is 0 Å². The van der Waals surface area contributed by atoms with Crippen LogP contribution in [0.15, 0.2) is 24.3 Å². The summed E-state index contributed by atoms with van der Waals surface area (Å²) in [6, 6.07) is 8.28. The third-order valence-corrected chi connectivity index (χ3v) is 4.00. The van der Waals surface area contributed by atoms with Crippen molar-refractivity contribution < 1.29 is 4.79 Å².